The number of para-hydroxylation sites is 1. The zero-order valence-corrected chi connectivity index (χ0v) is 17.7. The molecule has 0 spiro atoms. The molecule has 2 atom stereocenters. The van der Waals surface area contributed by atoms with Crippen molar-refractivity contribution >= 4 is 21.7 Å². The first-order chi connectivity index (χ1) is 13.8. The molecule has 0 bridgehead atoms. The van der Waals surface area contributed by atoms with Gasteiger partial charge in [0.1, 0.15) is 17.3 Å². The van der Waals surface area contributed by atoms with Crippen LogP contribution in [0.5, 0.6) is 0 Å². The number of hydrogen-bond acceptors (Lipinski definition) is 4. The second kappa shape index (κ2) is 9.25. The molecule has 0 radical (unpaired) electrons. The van der Waals surface area contributed by atoms with E-state index in [-0.39, 0.29) is 17.6 Å². The molecule has 1 aromatic rings. The van der Waals surface area contributed by atoms with Crippen molar-refractivity contribution in [1.82, 2.24) is 14.9 Å². The van der Waals surface area contributed by atoms with Gasteiger partial charge in [0, 0.05) is 45.3 Å². The number of aliphatic imine (C=N–C) groups is 1. The minimum Gasteiger partial charge on any atom is -0.365 e. The Morgan fingerprint density at radius 3 is 2.55 bits per heavy atom. The van der Waals surface area contributed by atoms with Crippen LogP contribution >= 0.6 is 0 Å². The molecule has 0 aromatic heterocycles. The molecule has 162 valence electrons. The maximum atomic E-state index is 14.0. The molecule has 7 nitrogen and oxygen atoms in total. The van der Waals surface area contributed by atoms with Crippen LogP contribution in [-0.4, -0.2) is 70.2 Å². The Morgan fingerprint density at radius 2 is 1.93 bits per heavy atom. The van der Waals surface area contributed by atoms with Gasteiger partial charge in [0.25, 0.3) is 0 Å². The standard InChI is InChI=1S/C19H29F2N5O2S/c1-3-22-19(23-11-14-7-10-26(12-14)29(2,27)28)24-15-8-9-25(13-15)18-16(20)5-4-6-17(18)21/h4-6,14-15H,3,7-13H2,1-2H3,(H2,22,23,24). The first-order valence-electron chi connectivity index (χ1n) is 9.97. The molecule has 3 rings (SSSR count). The average Bonchev–Trinajstić information content (AvgIpc) is 3.29. The molecule has 2 N–H and O–H groups in total. The molecule has 29 heavy (non-hydrogen) atoms. The molecule has 2 aliphatic rings. The Labute approximate surface area is 171 Å². The molecule has 2 fully saturated rings. The van der Waals surface area contributed by atoms with Gasteiger partial charge in [0.2, 0.25) is 10.0 Å². The van der Waals surface area contributed by atoms with Gasteiger partial charge in [0.15, 0.2) is 5.96 Å². The minimum absolute atomic E-state index is 0.0166. The van der Waals surface area contributed by atoms with Gasteiger partial charge in [-0.25, -0.2) is 21.5 Å². The Bertz CT molecular complexity index is 829. The second-order valence-electron chi connectivity index (χ2n) is 7.64. The van der Waals surface area contributed by atoms with E-state index in [4.69, 9.17) is 0 Å². The van der Waals surface area contributed by atoms with Gasteiger partial charge in [-0.05, 0) is 37.8 Å². The number of sulfonamides is 1. The van der Waals surface area contributed by atoms with Crippen LogP contribution in [-0.2, 0) is 10.0 Å². The third-order valence-corrected chi connectivity index (χ3v) is 6.62. The van der Waals surface area contributed by atoms with Crippen molar-refractivity contribution in [3.8, 4) is 0 Å². The molecule has 0 aliphatic carbocycles. The average molecular weight is 430 g/mol. The molecule has 10 heteroatoms. The van der Waals surface area contributed by atoms with E-state index in [0.29, 0.717) is 45.2 Å². The van der Waals surface area contributed by atoms with Crippen molar-refractivity contribution in [2.24, 2.45) is 10.9 Å². The summed E-state index contributed by atoms with van der Waals surface area (Å²) in [7, 11) is -3.16. The van der Waals surface area contributed by atoms with E-state index in [1.54, 1.807) is 4.90 Å². The van der Waals surface area contributed by atoms with Gasteiger partial charge < -0.3 is 15.5 Å². The Hall–Kier alpha value is -1.94. The van der Waals surface area contributed by atoms with Gasteiger partial charge in [-0.3, -0.25) is 4.99 Å². The SMILES string of the molecule is CCNC(=NCC1CCN(S(C)(=O)=O)C1)NC1CCN(c2c(F)cccc2F)C1. The molecule has 0 saturated carbocycles. The summed E-state index contributed by atoms with van der Waals surface area (Å²) in [6.07, 6.45) is 2.76. The van der Waals surface area contributed by atoms with E-state index < -0.39 is 21.7 Å². The molecule has 0 amide bonds. The van der Waals surface area contributed by atoms with E-state index >= 15 is 0 Å². The summed E-state index contributed by atoms with van der Waals surface area (Å²) >= 11 is 0. The third-order valence-electron chi connectivity index (χ3n) is 5.35. The zero-order chi connectivity index (χ0) is 21.0. The minimum atomic E-state index is -3.16. The van der Waals surface area contributed by atoms with Gasteiger partial charge in [-0.2, -0.15) is 0 Å². The van der Waals surface area contributed by atoms with Crippen LogP contribution < -0.4 is 15.5 Å². The fourth-order valence-electron chi connectivity index (χ4n) is 3.85. The predicted octanol–water partition coefficient (Wildman–Crippen LogP) is 1.38. The van der Waals surface area contributed by atoms with Crippen molar-refractivity contribution in [1.29, 1.82) is 0 Å². The summed E-state index contributed by atoms with van der Waals surface area (Å²) in [6.45, 7) is 5.24. The smallest absolute Gasteiger partial charge is 0.211 e. The summed E-state index contributed by atoms with van der Waals surface area (Å²) in [5, 5.41) is 6.53. The van der Waals surface area contributed by atoms with Crippen molar-refractivity contribution < 1.29 is 17.2 Å². The maximum Gasteiger partial charge on any atom is 0.211 e. The highest BCUT2D eigenvalue weighted by molar-refractivity contribution is 7.88. The Morgan fingerprint density at radius 1 is 1.21 bits per heavy atom. The van der Waals surface area contributed by atoms with Crippen molar-refractivity contribution in [3.63, 3.8) is 0 Å². The van der Waals surface area contributed by atoms with Crippen molar-refractivity contribution in [2.45, 2.75) is 25.8 Å². The fraction of sp³-hybridized carbons (Fsp3) is 0.632. The van der Waals surface area contributed by atoms with E-state index in [0.717, 1.165) is 12.8 Å². The number of guanidine groups is 1. The summed E-state index contributed by atoms with van der Waals surface area (Å²) in [5.41, 5.74) is 0.0190. The van der Waals surface area contributed by atoms with Crippen molar-refractivity contribution in [2.75, 3.05) is 50.4 Å². The van der Waals surface area contributed by atoms with Crippen LogP contribution in [0.2, 0.25) is 0 Å². The van der Waals surface area contributed by atoms with E-state index in [2.05, 4.69) is 15.6 Å². The topological polar surface area (TPSA) is 77.0 Å². The molecule has 2 saturated heterocycles. The number of benzene rings is 1. The molecular formula is C19H29F2N5O2S. The largest absolute Gasteiger partial charge is 0.365 e. The van der Waals surface area contributed by atoms with E-state index in [1.807, 2.05) is 6.92 Å². The van der Waals surface area contributed by atoms with Gasteiger partial charge in [-0.15, -0.1) is 0 Å². The molecular weight excluding hydrogens is 400 g/mol. The number of nitrogens with zero attached hydrogens (tertiary/aromatic N) is 3. The summed E-state index contributed by atoms with van der Waals surface area (Å²) in [6, 6.07) is 3.92. The first-order valence-corrected chi connectivity index (χ1v) is 11.8. The summed E-state index contributed by atoms with van der Waals surface area (Å²) in [5.74, 6) is -0.273. The number of anilines is 1. The van der Waals surface area contributed by atoms with Crippen LogP contribution in [0.25, 0.3) is 0 Å². The second-order valence-corrected chi connectivity index (χ2v) is 9.62. The lowest BCUT2D eigenvalue weighted by Crippen LogP contribution is -2.45. The monoisotopic (exact) mass is 429 g/mol. The van der Waals surface area contributed by atoms with Crippen molar-refractivity contribution in [3.05, 3.63) is 29.8 Å². The van der Waals surface area contributed by atoms with Gasteiger partial charge in [-0.1, -0.05) is 6.07 Å². The number of rotatable bonds is 6. The summed E-state index contributed by atoms with van der Waals surface area (Å²) < 4.78 is 52.9. The predicted molar refractivity (Wildman–Crippen MR) is 111 cm³/mol. The fourth-order valence-corrected chi connectivity index (χ4v) is 4.77. The number of hydrogen-bond donors (Lipinski definition) is 2. The Kier molecular flexibility index (Phi) is 6.94. The first kappa shape index (κ1) is 21.8. The Balaban J connectivity index is 1.58. The molecule has 2 unspecified atom stereocenters. The van der Waals surface area contributed by atoms with Crippen LogP contribution in [0.3, 0.4) is 0 Å². The third kappa shape index (κ3) is 5.57. The number of nitrogens with one attached hydrogen (secondary N) is 2. The highest BCUT2D eigenvalue weighted by atomic mass is 32.2. The molecule has 1 aromatic carbocycles. The van der Waals surface area contributed by atoms with Crippen LogP contribution in [0.1, 0.15) is 19.8 Å². The lowest BCUT2D eigenvalue weighted by Gasteiger charge is -2.21. The van der Waals surface area contributed by atoms with Crippen LogP contribution in [0.15, 0.2) is 23.2 Å². The molecule has 2 aliphatic heterocycles. The lowest BCUT2D eigenvalue weighted by atomic mass is 10.1. The van der Waals surface area contributed by atoms with Crippen LogP contribution in [0.4, 0.5) is 14.5 Å². The molecule has 2 heterocycles. The summed E-state index contributed by atoms with van der Waals surface area (Å²) in [4.78, 5) is 6.33. The lowest BCUT2D eigenvalue weighted by molar-refractivity contribution is 0.463. The maximum absolute atomic E-state index is 14.0. The van der Waals surface area contributed by atoms with Crippen LogP contribution in [0, 0.1) is 17.6 Å². The van der Waals surface area contributed by atoms with Gasteiger partial charge >= 0.3 is 0 Å². The zero-order valence-electron chi connectivity index (χ0n) is 16.9. The highest BCUT2D eigenvalue weighted by Crippen LogP contribution is 2.26. The van der Waals surface area contributed by atoms with E-state index in [9.17, 15) is 17.2 Å². The number of halogens is 2. The quantitative estimate of drug-likeness (QED) is 0.528. The van der Waals surface area contributed by atoms with Gasteiger partial charge in [0.05, 0.1) is 6.26 Å². The van der Waals surface area contributed by atoms with E-state index in [1.165, 1.54) is 28.8 Å². The normalized spacial score (nSPS) is 23.6. The highest BCUT2D eigenvalue weighted by Gasteiger charge is 2.29.